The Labute approximate surface area is 117 Å². The number of hydrogen-bond acceptors (Lipinski definition) is 2. The molecule has 2 rings (SSSR count). The van der Waals surface area contributed by atoms with Gasteiger partial charge in [0.15, 0.2) is 0 Å². The monoisotopic (exact) mass is 292 g/mol. The van der Waals surface area contributed by atoms with Crippen LogP contribution in [0.25, 0.3) is 0 Å². The zero-order chi connectivity index (χ0) is 14.9. The minimum Gasteiger partial charge on any atom is -0.330 e. The highest BCUT2D eigenvalue weighted by atomic mass is 19.4. The first-order valence-corrected chi connectivity index (χ1v) is 7.38. The van der Waals surface area contributed by atoms with Crippen LogP contribution in [-0.2, 0) is 4.79 Å². The number of halogens is 3. The van der Waals surface area contributed by atoms with Crippen LogP contribution in [0.3, 0.4) is 0 Å². The predicted octanol–water partition coefficient (Wildman–Crippen LogP) is 2.56. The van der Waals surface area contributed by atoms with E-state index < -0.39 is 12.7 Å². The van der Waals surface area contributed by atoms with Crippen LogP contribution in [0.2, 0.25) is 0 Å². The second kappa shape index (κ2) is 5.92. The molecule has 0 aromatic carbocycles. The molecule has 2 aliphatic rings. The zero-order valence-corrected chi connectivity index (χ0v) is 12.0. The first-order valence-electron chi connectivity index (χ1n) is 7.38. The molecule has 1 aliphatic heterocycles. The lowest BCUT2D eigenvalue weighted by Gasteiger charge is -2.36. The molecule has 0 spiro atoms. The van der Waals surface area contributed by atoms with Crippen molar-refractivity contribution in [2.45, 2.75) is 57.8 Å². The summed E-state index contributed by atoms with van der Waals surface area (Å²) in [5.74, 6) is -0.328. The summed E-state index contributed by atoms with van der Waals surface area (Å²) >= 11 is 0. The Morgan fingerprint density at radius 3 is 2.50 bits per heavy atom. The summed E-state index contributed by atoms with van der Waals surface area (Å²) in [7, 11) is 0. The molecule has 3 nitrogen and oxygen atoms in total. The lowest BCUT2D eigenvalue weighted by Crippen LogP contribution is -2.50. The van der Waals surface area contributed by atoms with Crippen molar-refractivity contribution in [3.63, 3.8) is 0 Å². The molecule has 1 saturated heterocycles. The van der Waals surface area contributed by atoms with E-state index in [0.717, 1.165) is 17.7 Å². The van der Waals surface area contributed by atoms with Crippen molar-refractivity contribution in [1.82, 2.24) is 10.2 Å². The fraction of sp³-hybridized carbons (Fsp3) is 0.929. The van der Waals surface area contributed by atoms with Crippen LogP contribution in [0, 0.1) is 11.8 Å². The number of nitrogens with zero attached hydrogens (tertiary/aromatic N) is 1. The average molecular weight is 292 g/mol. The zero-order valence-electron chi connectivity index (χ0n) is 12.0. The van der Waals surface area contributed by atoms with Crippen molar-refractivity contribution in [3.05, 3.63) is 0 Å². The molecule has 1 N–H and O–H groups in total. The minimum atomic E-state index is -4.32. The van der Waals surface area contributed by atoms with Gasteiger partial charge in [0.05, 0.1) is 0 Å². The van der Waals surface area contributed by atoms with Gasteiger partial charge >= 0.3 is 6.18 Å². The van der Waals surface area contributed by atoms with Crippen LogP contribution in [0.4, 0.5) is 13.2 Å². The second-order valence-electron chi connectivity index (χ2n) is 6.24. The number of piperidine rings is 1. The second-order valence-corrected chi connectivity index (χ2v) is 6.24. The maximum Gasteiger partial charge on any atom is 0.406 e. The molecule has 0 aromatic rings. The fourth-order valence-electron chi connectivity index (χ4n) is 3.04. The Kier molecular flexibility index (Phi) is 4.62. The number of rotatable bonds is 4. The number of hydrogen-bond donors (Lipinski definition) is 1. The molecule has 1 heterocycles. The van der Waals surface area contributed by atoms with E-state index in [1.807, 2.05) is 6.92 Å². The summed E-state index contributed by atoms with van der Waals surface area (Å²) in [5.41, 5.74) is 0. The predicted molar refractivity (Wildman–Crippen MR) is 70.1 cm³/mol. The first kappa shape index (κ1) is 15.6. The van der Waals surface area contributed by atoms with Gasteiger partial charge in [-0.25, -0.2) is 0 Å². The van der Waals surface area contributed by atoms with E-state index in [1.54, 1.807) is 6.92 Å². The Balaban J connectivity index is 2.06. The first-order chi connectivity index (χ1) is 9.28. The molecule has 1 amide bonds. The van der Waals surface area contributed by atoms with E-state index in [2.05, 4.69) is 5.32 Å². The van der Waals surface area contributed by atoms with E-state index in [4.69, 9.17) is 0 Å². The average Bonchev–Trinajstić information content (AvgIpc) is 3.17. The Morgan fingerprint density at radius 1 is 1.35 bits per heavy atom. The molecule has 3 unspecified atom stereocenters. The minimum absolute atomic E-state index is 0.196. The summed E-state index contributed by atoms with van der Waals surface area (Å²) in [6.07, 6.45) is -1.19. The normalized spacial score (nSPS) is 29.1. The highest BCUT2D eigenvalue weighted by Crippen LogP contribution is 2.37. The summed E-state index contributed by atoms with van der Waals surface area (Å²) in [5, 5.41) is 3.23. The van der Waals surface area contributed by atoms with Gasteiger partial charge in [-0.15, -0.1) is 0 Å². The molecular formula is C14H23F3N2O. The number of amides is 1. The Morgan fingerprint density at radius 2 is 2.00 bits per heavy atom. The van der Waals surface area contributed by atoms with E-state index in [0.29, 0.717) is 19.4 Å². The van der Waals surface area contributed by atoms with Gasteiger partial charge in [0, 0.05) is 18.0 Å². The quantitative estimate of drug-likeness (QED) is 0.863. The highest BCUT2D eigenvalue weighted by molar-refractivity contribution is 5.79. The third kappa shape index (κ3) is 4.11. The van der Waals surface area contributed by atoms with Crippen molar-refractivity contribution >= 4 is 5.91 Å². The molecule has 20 heavy (non-hydrogen) atoms. The lowest BCUT2D eigenvalue weighted by molar-refractivity contribution is -0.169. The smallest absolute Gasteiger partial charge is 0.330 e. The van der Waals surface area contributed by atoms with E-state index in [1.165, 1.54) is 0 Å². The Bertz CT molecular complexity index is 355. The van der Waals surface area contributed by atoms with Crippen LogP contribution in [0.5, 0.6) is 0 Å². The van der Waals surface area contributed by atoms with Crippen LogP contribution >= 0.6 is 0 Å². The third-order valence-electron chi connectivity index (χ3n) is 4.40. The van der Waals surface area contributed by atoms with E-state index >= 15 is 0 Å². The molecule has 1 aliphatic carbocycles. The summed E-state index contributed by atoms with van der Waals surface area (Å²) < 4.78 is 38.2. The largest absolute Gasteiger partial charge is 0.406 e. The molecule has 1 saturated carbocycles. The van der Waals surface area contributed by atoms with Gasteiger partial charge in [-0.1, -0.05) is 0 Å². The SMILES string of the molecule is CC1CC(C(=O)N(CC(F)(F)F)C(C)C2CC2)CCN1. The van der Waals surface area contributed by atoms with Crippen LogP contribution < -0.4 is 5.32 Å². The lowest BCUT2D eigenvalue weighted by atomic mass is 9.91. The van der Waals surface area contributed by atoms with Crippen LogP contribution in [0.1, 0.15) is 39.5 Å². The molecule has 3 atom stereocenters. The van der Waals surface area contributed by atoms with Crippen molar-refractivity contribution < 1.29 is 18.0 Å². The number of nitrogens with one attached hydrogen (secondary N) is 1. The summed E-state index contributed by atoms with van der Waals surface area (Å²) in [6.45, 7) is 3.32. The van der Waals surface area contributed by atoms with Crippen molar-refractivity contribution in [1.29, 1.82) is 0 Å². The third-order valence-corrected chi connectivity index (χ3v) is 4.40. The fourth-order valence-corrected chi connectivity index (χ4v) is 3.04. The molecule has 0 bridgehead atoms. The van der Waals surface area contributed by atoms with Crippen molar-refractivity contribution in [3.8, 4) is 0 Å². The maximum absolute atomic E-state index is 12.7. The molecule has 2 fully saturated rings. The van der Waals surface area contributed by atoms with Gasteiger partial charge in [-0.05, 0) is 52.0 Å². The highest BCUT2D eigenvalue weighted by Gasteiger charge is 2.42. The van der Waals surface area contributed by atoms with E-state index in [9.17, 15) is 18.0 Å². The van der Waals surface area contributed by atoms with Gasteiger partial charge in [-0.3, -0.25) is 4.79 Å². The Hall–Kier alpha value is -0.780. The van der Waals surface area contributed by atoms with E-state index in [-0.39, 0.29) is 29.8 Å². The van der Waals surface area contributed by atoms with Crippen LogP contribution in [-0.4, -0.2) is 42.2 Å². The summed E-state index contributed by atoms with van der Waals surface area (Å²) in [4.78, 5) is 13.6. The van der Waals surface area contributed by atoms with Gasteiger partial charge < -0.3 is 10.2 Å². The van der Waals surface area contributed by atoms with Gasteiger partial charge in [0.25, 0.3) is 0 Å². The molecule has 6 heteroatoms. The number of carbonyl (C=O) groups excluding carboxylic acids is 1. The van der Waals surface area contributed by atoms with Crippen molar-refractivity contribution in [2.24, 2.45) is 11.8 Å². The summed E-state index contributed by atoms with van der Waals surface area (Å²) in [6, 6.07) is -0.101. The van der Waals surface area contributed by atoms with Crippen molar-refractivity contribution in [2.75, 3.05) is 13.1 Å². The van der Waals surface area contributed by atoms with Gasteiger partial charge in [0.2, 0.25) is 5.91 Å². The maximum atomic E-state index is 12.7. The van der Waals surface area contributed by atoms with Gasteiger partial charge in [-0.2, -0.15) is 13.2 Å². The molecule has 116 valence electrons. The number of carbonyl (C=O) groups is 1. The number of alkyl halides is 3. The van der Waals surface area contributed by atoms with Gasteiger partial charge in [0.1, 0.15) is 6.54 Å². The van der Waals surface area contributed by atoms with Crippen LogP contribution in [0.15, 0.2) is 0 Å². The molecule has 0 aromatic heterocycles. The topological polar surface area (TPSA) is 32.3 Å². The molecule has 0 radical (unpaired) electrons. The molecular weight excluding hydrogens is 269 g/mol. The standard InChI is InChI=1S/C14H23F3N2O/c1-9-7-12(5-6-18-9)13(20)19(8-14(15,16)17)10(2)11-3-4-11/h9-12,18H,3-8H2,1-2H3.